The number of aromatic hydroxyl groups is 1. The number of amides is 1. The molecule has 0 aliphatic heterocycles. The number of sulfonamides is 1. The Balaban J connectivity index is 1.56. The van der Waals surface area contributed by atoms with Gasteiger partial charge in [-0.05, 0) is 67.0 Å². The quantitative estimate of drug-likeness (QED) is 0.155. The molecule has 0 saturated carbocycles. The van der Waals surface area contributed by atoms with Gasteiger partial charge in [0, 0.05) is 23.5 Å². The van der Waals surface area contributed by atoms with Gasteiger partial charge in [-0.15, -0.1) is 11.8 Å². The van der Waals surface area contributed by atoms with Crippen molar-refractivity contribution in [3.8, 4) is 5.75 Å². The van der Waals surface area contributed by atoms with Crippen LogP contribution in [-0.4, -0.2) is 49.1 Å². The monoisotopic (exact) mass is 571 g/mol. The van der Waals surface area contributed by atoms with Crippen LogP contribution in [0.2, 0.25) is 0 Å². The van der Waals surface area contributed by atoms with E-state index >= 15 is 0 Å². The van der Waals surface area contributed by atoms with Crippen LogP contribution in [0.25, 0.3) is 0 Å². The molecular weight excluding hydrogens is 534 g/mol. The lowest BCUT2D eigenvalue weighted by Gasteiger charge is -2.28. The molecule has 10 heteroatoms. The van der Waals surface area contributed by atoms with Gasteiger partial charge in [0.1, 0.15) is 5.75 Å². The van der Waals surface area contributed by atoms with Crippen molar-refractivity contribution < 1.29 is 23.4 Å². The number of aliphatic hydroxyl groups is 1. The van der Waals surface area contributed by atoms with E-state index in [1.54, 1.807) is 17.8 Å². The second kappa shape index (κ2) is 13.3. The van der Waals surface area contributed by atoms with Crippen molar-refractivity contribution >= 4 is 33.4 Å². The lowest BCUT2D eigenvalue weighted by Crippen LogP contribution is -2.43. The summed E-state index contributed by atoms with van der Waals surface area (Å²) in [6.07, 6.45) is 3.04. The van der Waals surface area contributed by atoms with Gasteiger partial charge in [0.05, 0.1) is 24.5 Å². The molecule has 0 heterocycles. The van der Waals surface area contributed by atoms with Gasteiger partial charge >= 0.3 is 0 Å². The van der Waals surface area contributed by atoms with Crippen LogP contribution in [0.5, 0.6) is 5.75 Å². The number of phenols is 1. The summed E-state index contributed by atoms with van der Waals surface area (Å²) in [5.74, 6) is -0.259. The summed E-state index contributed by atoms with van der Waals surface area (Å²) in [5, 5.41) is 27.0. The molecule has 0 saturated heterocycles. The molecule has 0 aromatic heterocycles. The highest BCUT2D eigenvalue weighted by molar-refractivity contribution is 7.98. The minimum atomic E-state index is -3.58. The minimum absolute atomic E-state index is 0.0163. The Labute approximate surface area is 235 Å². The number of hydrogen-bond donors (Lipinski definition) is 5. The first-order valence-electron chi connectivity index (χ1n) is 12.6. The van der Waals surface area contributed by atoms with Gasteiger partial charge < -0.3 is 20.8 Å². The van der Waals surface area contributed by atoms with Crippen molar-refractivity contribution in [2.24, 2.45) is 0 Å². The molecule has 0 bridgehead atoms. The second-order valence-corrected chi connectivity index (χ2v) is 12.8. The molecule has 0 spiro atoms. The molecule has 0 aliphatic carbocycles. The van der Waals surface area contributed by atoms with Gasteiger partial charge in [-0.1, -0.05) is 48.5 Å². The summed E-state index contributed by atoms with van der Waals surface area (Å²) in [5.41, 5.74) is 3.18. The molecule has 39 heavy (non-hydrogen) atoms. The van der Waals surface area contributed by atoms with Gasteiger partial charge in [0.15, 0.2) is 0 Å². The van der Waals surface area contributed by atoms with Crippen LogP contribution in [0.4, 0.5) is 5.69 Å². The SMILES string of the molecule is CSc1ccccc1CNC(=O)Cc1cccc(CC(C)(C)NC[C@@H](O)c2ccc(O)c(NS(C)(=O)=O)c2)c1. The van der Waals surface area contributed by atoms with Crippen LogP contribution in [-0.2, 0) is 34.2 Å². The summed E-state index contributed by atoms with van der Waals surface area (Å²) >= 11 is 1.66. The Morgan fingerprint density at radius 2 is 1.74 bits per heavy atom. The van der Waals surface area contributed by atoms with Crippen molar-refractivity contribution in [1.82, 2.24) is 10.6 Å². The number of aliphatic hydroxyl groups excluding tert-OH is 1. The molecule has 1 amide bonds. The number of benzene rings is 3. The first-order chi connectivity index (χ1) is 18.3. The standard InChI is InChI=1S/C29H37N3O5S2/c1-29(2,31-19-26(34)22-12-13-25(33)24(16-22)32-39(4,36)37)17-21-9-7-8-20(14-21)15-28(35)30-18-23-10-5-6-11-27(23)38-3/h5-14,16,26,31-34H,15,17-19H2,1-4H3,(H,30,35)/t26-/m1/s1. The molecule has 0 unspecified atom stereocenters. The number of phenolic OH excluding ortho intramolecular Hbond substituents is 1. The molecule has 0 aliphatic rings. The highest BCUT2D eigenvalue weighted by Gasteiger charge is 2.21. The number of β-amino-alcohol motifs (C(OH)–C–C–N with tert-alkyl or cyclic N) is 1. The molecule has 8 nitrogen and oxygen atoms in total. The fourth-order valence-corrected chi connectivity index (χ4v) is 5.43. The van der Waals surface area contributed by atoms with Crippen LogP contribution in [0.3, 0.4) is 0 Å². The zero-order valence-corrected chi connectivity index (χ0v) is 24.3. The zero-order valence-electron chi connectivity index (χ0n) is 22.7. The summed E-state index contributed by atoms with van der Waals surface area (Å²) in [4.78, 5) is 13.8. The Morgan fingerprint density at radius 3 is 2.46 bits per heavy atom. The number of nitrogens with one attached hydrogen (secondary N) is 3. The lowest BCUT2D eigenvalue weighted by atomic mass is 9.93. The molecule has 3 aromatic carbocycles. The number of thioether (sulfide) groups is 1. The Hall–Kier alpha value is -3.05. The predicted molar refractivity (Wildman–Crippen MR) is 158 cm³/mol. The van der Waals surface area contributed by atoms with Crippen LogP contribution in [0.15, 0.2) is 71.6 Å². The first kappa shape index (κ1) is 30.5. The average molecular weight is 572 g/mol. The van der Waals surface area contributed by atoms with Crippen molar-refractivity contribution in [3.63, 3.8) is 0 Å². The predicted octanol–water partition coefficient (Wildman–Crippen LogP) is 3.99. The van der Waals surface area contributed by atoms with Crippen molar-refractivity contribution in [2.45, 2.75) is 49.8 Å². The van der Waals surface area contributed by atoms with Crippen LogP contribution < -0.4 is 15.4 Å². The number of carbonyl (C=O) groups excluding carboxylic acids is 1. The van der Waals surface area contributed by atoms with Crippen molar-refractivity contribution in [1.29, 1.82) is 0 Å². The van der Waals surface area contributed by atoms with E-state index in [-0.39, 0.29) is 35.8 Å². The minimum Gasteiger partial charge on any atom is -0.506 e. The normalized spacial score (nSPS) is 12.6. The Kier molecular flexibility index (Phi) is 10.4. The number of hydrogen-bond acceptors (Lipinski definition) is 7. The fourth-order valence-electron chi connectivity index (χ4n) is 4.25. The van der Waals surface area contributed by atoms with Crippen molar-refractivity contribution in [2.75, 3.05) is 23.8 Å². The number of anilines is 1. The molecule has 0 fully saturated rings. The largest absolute Gasteiger partial charge is 0.506 e. The summed E-state index contributed by atoms with van der Waals surface area (Å²) in [6.45, 7) is 4.75. The third-order valence-corrected chi connectivity index (χ3v) is 7.57. The Bertz CT molecular complexity index is 1390. The third kappa shape index (κ3) is 9.89. The maximum Gasteiger partial charge on any atom is 0.229 e. The molecular formula is C29H37N3O5S2. The van der Waals surface area contributed by atoms with E-state index < -0.39 is 16.1 Å². The third-order valence-electron chi connectivity index (χ3n) is 6.15. The summed E-state index contributed by atoms with van der Waals surface area (Å²) < 4.78 is 25.3. The smallest absolute Gasteiger partial charge is 0.229 e. The lowest BCUT2D eigenvalue weighted by molar-refractivity contribution is -0.120. The average Bonchev–Trinajstić information content (AvgIpc) is 2.86. The highest BCUT2D eigenvalue weighted by Crippen LogP contribution is 2.28. The van der Waals surface area contributed by atoms with E-state index in [2.05, 4.69) is 15.4 Å². The van der Waals surface area contributed by atoms with Gasteiger partial charge in [0.25, 0.3) is 0 Å². The van der Waals surface area contributed by atoms with E-state index in [9.17, 15) is 23.4 Å². The molecule has 3 aromatic rings. The van der Waals surface area contributed by atoms with Crippen LogP contribution in [0.1, 0.15) is 42.2 Å². The maximum atomic E-state index is 12.6. The molecule has 0 radical (unpaired) electrons. The molecule has 210 valence electrons. The topological polar surface area (TPSA) is 128 Å². The van der Waals surface area contributed by atoms with Gasteiger partial charge in [-0.3, -0.25) is 9.52 Å². The summed E-state index contributed by atoms with van der Waals surface area (Å²) in [6, 6.07) is 20.3. The molecule has 5 N–H and O–H groups in total. The maximum absolute atomic E-state index is 12.6. The van der Waals surface area contributed by atoms with Crippen LogP contribution >= 0.6 is 11.8 Å². The van der Waals surface area contributed by atoms with E-state index in [0.29, 0.717) is 18.5 Å². The van der Waals surface area contributed by atoms with Crippen molar-refractivity contribution in [3.05, 3.63) is 89.0 Å². The van der Waals surface area contributed by atoms with Gasteiger partial charge in [0.2, 0.25) is 15.9 Å². The van der Waals surface area contributed by atoms with Crippen LogP contribution in [0, 0.1) is 0 Å². The molecule has 1 atom stereocenters. The highest BCUT2D eigenvalue weighted by atomic mass is 32.2. The van der Waals surface area contributed by atoms with E-state index in [1.807, 2.05) is 68.6 Å². The number of carbonyl (C=O) groups is 1. The van der Waals surface area contributed by atoms with Gasteiger partial charge in [-0.25, -0.2) is 8.42 Å². The Morgan fingerprint density at radius 1 is 1.03 bits per heavy atom. The van der Waals surface area contributed by atoms with E-state index in [4.69, 9.17) is 0 Å². The fraction of sp³-hybridized carbons (Fsp3) is 0.345. The van der Waals surface area contributed by atoms with E-state index in [1.165, 1.54) is 12.1 Å². The zero-order chi connectivity index (χ0) is 28.6. The first-order valence-corrected chi connectivity index (χ1v) is 15.7. The second-order valence-electron chi connectivity index (χ2n) is 10.2. The summed E-state index contributed by atoms with van der Waals surface area (Å²) in [7, 11) is -3.58. The molecule has 3 rings (SSSR count). The van der Waals surface area contributed by atoms with Gasteiger partial charge in [-0.2, -0.15) is 0 Å². The number of rotatable bonds is 13. The van der Waals surface area contributed by atoms with E-state index in [0.717, 1.165) is 27.8 Å².